The molecule has 1 heterocycles. The molecule has 0 spiro atoms. The van der Waals surface area contributed by atoms with Crippen molar-refractivity contribution in [1.29, 1.82) is 0 Å². The fraction of sp³-hybridized carbons (Fsp3) is 0.250. The van der Waals surface area contributed by atoms with E-state index in [-0.39, 0.29) is 12.8 Å². The van der Waals surface area contributed by atoms with Crippen molar-refractivity contribution in [2.75, 3.05) is 5.32 Å². The van der Waals surface area contributed by atoms with Gasteiger partial charge in [0.05, 0.1) is 11.6 Å². The van der Waals surface area contributed by atoms with Crippen LogP contribution in [0.4, 0.5) is 19.4 Å². The van der Waals surface area contributed by atoms with Gasteiger partial charge in [0.15, 0.2) is 11.6 Å². The number of ether oxygens (including phenoxy) is 1. The minimum atomic E-state index is -1.91. The van der Waals surface area contributed by atoms with Crippen molar-refractivity contribution in [3.8, 4) is 0 Å². The number of alkyl halides is 1. The number of hydrogen-bond acceptors (Lipinski definition) is 4. The number of carboxylic acid groups (broad SMARTS) is 1. The summed E-state index contributed by atoms with van der Waals surface area (Å²) in [6, 6.07) is 18.0. The zero-order valence-corrected chi connectivity index (χ0v) is 20.0. The summed E-state index contributed by atoms with van der Waals surface area (Å²) < 4.78 is 37.6. The van der Waals surface area contributed by atoms with E-state index in [0.717, 1.165) is 22.0 Å². The topological polar surface area (TPSA) is 93.5 Å². The van der Waals surface area contributed by atoms with Crippen molar-refractivity contribution >= 4 is 23.5 Å². The van der Waals surface area contributed by atoms with Gasteiger partial charge in [0.25, 0.3) is 0 Å². The molecule has 0 aliphatic heterocycles. The minimum Gasteiger partial charge on any atom is -0.481 e. The first-order valence-corrected chi connectivity index (χ1v) is 11.9. The second kappa shape index (κ2) is 9.31. The fourth-order valence-corrected chi connectivity index (χ4v) is 5.00. The van der Waals surface area contributed by atoms with Crippen LogP contribution < -0.4 is 5.32 Å². The lowest BCUT2D eigenvalue weighted by molar-refractivity contribution is -0.149. The number of halogens is 2. The molecule has 3 aromatic rings. The van der Waals surface area contributed by atoms with E-state index in [1.807, 2.05) is 36.4 Å². The van der Waals surface area contributed by atoms with Crippen LogP contribution in [0.5, 0.6) is 0 Å². The highest BCUT2D eigenvalue weighted by atomic mass is 19.1. The van der Waals surface area contributed by atoms with Gasteiger partial charge in [-0.3, -0.25) is 10.1 Å². The van der Waals surface area contributed by atoms with Gasteiger partial charge < -0.3 is 9.84 Å². The number of nitrogens with one attached hydrogen (secondary N) is 1. The van der Waals surface area contributed by atoms with Crippen LogP contribution in [0.15, 0.2) is 85.1 Å². The van der Waals surface area contributed by atoms with E-state index in [1.165, 1.54) is 12.2 Å². The van der Waals surface area contributed by atoms with Gasteiger partial charge in [-0.05, 0) is 42.5 Å². The van der Waals surface area contributed by atoms with Crippen LogP contribution in [-0.2, 0) is 15.1 Å². The number of anilines is 1. The number of hydrogen-bond donors (Lipinski definition) is 2. The first-order valence-electron chi connectivity index (χ1n) is 11.9. The Kier molecular flexibility index (Phi) is 6.15. The Balaban J connectivity index is 1.51. The number of carbonyl (C=O) groups is 2. The number of aromatic nitrogens is 2. The molecule has 37 heavy (non-hydrogen) atoms. The molecule has 190 valence electrons. The largest absolute Gasteiger partial charge is 0.481 e. The highest BCUT2D eigenvalue weighted by Crippen LogP contribution is 2.62. The van der Waals surface area contributed by atoms with Crippen LogP contribution >= 0.6 is 0 Å². The molecule has 1 fully saturated rings. The Labute approximate surface area is 212 Å². The van der Waals surface area contributed by atoms with Crippen LogP contribution in [0.1, 0.15) is 37.0 Å². The molecule has 9 heteroatoms. The van der Waals surface area contributed by atoms with E-state index in [0.29, 0.717) is 5.57 Å². The Bertz CT molecular complexity index is 1380. The summed E-state index contributed by atoms with van der Waals surface area (Å²) in [5, 5.41) is 16.5. The van der Waals surface area contributed by atoms with Gasteiger partial charge in [0.1, 0.15) is 17.8 Å². The monoisotopic (exact) mass is 505 g/mol. The minimum absolute atomic E-state index is 0.165. The lowest BCUT2D eigenvalue weighted by Gasteiger charge is -2.41. The van der Waals surface area contributed by atoms with E-state index in [4.69, 9.17) is 4.74 Å². The molecule has 0 radical (unpaired) electrons. The van der Waals surface area contributed by atoms with Gasteiger partial charge in [-0.15, -0.1) is 0 Å². The number of rotatable bonds is 7. The van der Waals surface area contributed by atoms with Gasteiger partial charge in [-0.2, -0.15) is 5.10 Å². The lowest BCUT2D eigenvalue weighted by atomic mass is 9.73. The highest BCUT2D eigenvalue weighted by Gasteiger charge is 2.69. The predicted octanol–water partition coefficient (Wildman–Crippen LogP) is 5.88. The summed E-state index contributed by atoms with van der Waals surface area (Å²) in [5.74, 6) is -2.64. The molecular weight excluding hydrogens is 480 g/mol. The first kappa shape index (κ1) is 24.4. The van der Waals surface area contributed by atoms with E-state index in [1.54, 1.807) is 37.3 Å². The van der Waals surface area contributed by atoms with Crippen molar-refractivity contribution in [3.05, 3.63) is 102 Å². The Morgan fingerprint density at radius 2 is 1.78 bits per heavy atom. The summed E-state index contributed by atoms with van der Waals surface area (Å²) in [5.41, 5.74) is -1.45. The molecule has 1 aromatic heterocycles. The third-order valence-electron chi connectivity index (χ3n) is 7.14. The maximum absolute atomic E-state index is 16.3. The zero-order valence-electron chi connectivity index (χ0n) is 20.0. The molecule has 7 nitrogen and oxygen atoms in total. The first-order chi connectivity index (χ1) is 17.8. The molecule has 2 unspecified atom stereocenters. The van der Waals surface area contributed by atoms with Gasteiger partial charge in [0, 0.05) is 0 Å². The van der Waals surface area contributed by atoms with E-state index in [2.05, 4.69) is 10.4 Å². The molecule has 2 aliphatic rings. The van der Waals surface area contributed by atoms with Crippen LogP contribution in [0, 0.1) is 11.2 Å². The van der Waals surface area contributed by atoms with Gasteiger partial charge >= 0.3 is 12.1 Å². The molecule has 0 saturated heterocycles. The summed E-state index contributed by atoms with van der Waals surface area (Å²) >= 11 is 0. The fourth-order valence-electron chi connectivity index (χ4n) is 5.00. The second-order valence-corrected chi connectivity index (χ2v) is 9.27. The number of nitrogens with zero attached hydrogens (tertiary/aromatic N) is 2. The number of amides is 1. The van der Waals surface area contributed by atoms with Crippen LogP contribution in [0.2, 0.25) is 0 Å². The number of aliphatic carboxylic acids is 1. The van der Waals surface area contributed by atoms with Gasteiger partial charge in [-0.1, -0.05) is 72.8 Å². The molecule has 3 atom stereocenters. The number of carboxylic acids is 1. The highest BCUT2D eigenvalue weighted by molar-refractivity contribution is 5.86. The molecule has 2 aromatic carbocycles. The smallest absolute Gasteiger partial charge is 0.413 e. The van der Waals surface area contributed by atoms with Crippen LogP contribution in [0.3, 0.4) is 0 Å². The SMILES string of the molecule is CC(OC(=O)Nc1c(F)cnn1C1(C2(C(=O)O)CC2)C=CC(c2ccccc2)=C[C@H]1F)c1ccccc1. The lowest BCUT2D eigenvalue weighted by Crippen LogP contribution is -2.53. The zero-order chi connectivity index (χ0) is 26.2. The molecule has 1 saturated carbocycles. The second-order valence-electron chi connectivity index (χ2n) is 9.27. The molecule has 5 rings (SSSR count). The van der Waals surface area contributed by atoms with E-state index in [9.17, 15) is 19.1 Å². The number of carbonyl (C=O) groups excluding carboxylic acids is 1. The molecular formula is C28H25F2N3O4. The number of allylic oxidation sites excluding steroid dienone is 4. The summed E-state index contributed by atoms with van der Waals surface area (Å²) in [6.07, 6.45) is 2.00. The molecule has 1 amide bonds. The van der Waals surface area contributed by atoms with E-state index < -0.39 is 46.9 Å². The van der Waals surface area contributed by atoms with Crippen molar-refractivity contribution < 1.29 is 28.2 Å². The Morgan fingerprint density at radius 3 is 2.38 bits per heavy atom. The third-order valence-corrected chi connectivity index (χ3v) is 7.14. The molecule has 0 bridgehead atoms. The van der Waals surface area contributed by atoms with Crippen LogP contribution in [-0.4, -0.2) is 33.1 Å². The van der Waals surface area contributed by atoms with Crippen molar-refractivity contribution in [2.24, 2.45) is 5.41 Å². The van der Waals surface area contributed by atoms with Crippen molar-refractivity contribution in [1.82, 2.24) is 9.78 Å². The number of benzene rings is 2. The Hall–Kier alpha value is -4.27. The van der Waals surface area contributed by atoms with Gasteiger partial charge in [0.2, 0.25) is 0 Å². The normalized spacial score (nSPS) is 22.6. The third kappa shape index (κ3) is 4.10. The molecule has 2 N–H and O–H groups in total. The van der Waals surface area contributed by atoms with Crippen molar-refractivity contribution in [2.45, 2.75) is 37.6 Å². The average molecular weight is 506 g/mol. The summed E-state index contributed by atoms with van der Waals surface area (Å²) in [4.78, 5) is 25.2. The van der Waals surface area contributed by atoms with Crippen molar-refractivity contribution in [3.63, 3.8) is 0 Å². The molecule has 2 aliphatic carbocycles. The summed E-state index contributed by atoms with van der Waals surface area (Å²) in [6.45, 7) is 1.66. The maximum Gasteiger partial charge on any atom is 0.413 e. The average Bonchev–Trinajstić information content (AvgIpc) is 3.65. The summed E-state index contributed by atoms with van der Waals surface area (Å²) in [7, 11) is 0. The Morgan fingerprint density at radius 1 is 1.14 bits per heavy atom. The van der Waals surface area contributed by atoms with Gasteiger partial charge in [-0.25, -0.2) is 18.3 Å². The van der Waals surface area contributed by atoms with E-state index >= 15 is 4.39 Å². The van der Waals surface area contributed by atoms with Crippen LogP contribution in [0.25, 0.3) is 5.57 Å². The quantitative estimate of drug-likeness (QED) is 0.418. The predicted molar refractivity (Wildman–Crippen MR) is 133 cm³/mol. The maximum atomic E-state index is 16.3. The standard InChI is InChI=1S/C28H25F2N3O4/c1-18(19-8-4-2-5-9-19)37-26(36)32-24-22(29)17-31-33(24)28(27(14-15-27)25(34)35)13-12-21(16-23(28)30)20-10-6-3-7-11-20/h2-13,16-18,23H,14-15H2,1H3,(H,32,36)(H,34,35)/t18?,23-,28?/m1/s1.